The maximum Gasteiger partial charge on any atom is 0.435 e. The van der Waals surface area contributed by atoms with Crippen LogP contribution in [0.25, 0.3) is 5.69 Å². The van der Waals surface area contributed by atoms with E-state index in [2.05, 4.69) is 52.6 Å². The van der Waals surface area contributed by atoms with E-state index in [1.54, 1.807) is 6.07 Å². The summed E-state index contributed by atoms with van der Waals surface area (Å²) in [6.07, 6.45) is -0.505. The standard InChI is InChI=1S/C22H16Br2Cl2F3N5O2/c1-9(10-2-3-10)31-20(35)12-4-11(23)5-13(24)18(12)32-21(36)16-6-17(22(27,28)29)33-34(16)19-14(25)7-30-8-15(19)26/h4-10H,2-3H2,1H3,(H,31,35)(H,32,36). The van der Waals surface area contributed by atoms with Crippen LogP contribution in [0.4, 0.5) is 18.9 Å². The van der Waals surface area contributed by atoms with Gasteiger partial charge in [-0.3, -0.25) is 14.6 Å². The van der Waals surface area contributed by atoms with Crippen LogP contribution in [0.5, 0.6) is 0 Å². The lowest BCUT2D eigenvalue weighted by Gasteiger charge is -2.17. The van der Waals surface area contributed by atoms with Crippen molar-refractivity contribution in [3.05, 3.63) is 66.5 Å². The maximum absolute atomic E-state index is 13.5. The minimum Gasteiger partial charge on any atom is -0.349 e. The average Bonchev–Trinajstić information content (AvgIpc) is 3.53. The molecule has 4 rings (SSSR count). The Balaban J connectivity index is 1.76. The van der Waals surface area contributed by atoms with Gasteiger partial charge in [-0.2, -0.15) is 18.3 Å². The number of benzene rings is 1. The minimum absolute atomic E-state index is 0.0666. The van der Waals surface area contributed by atoms with E-state index in [4.69, 9.17) is 23.2 Å². The number of hydrogen-bond acceptors (Lipinski definition) is 4. The molecule has 0 saturated heterocycles. The molecule has 0 bridgehead atoms. The number of hydrogen-bond donors (Lipinski definition) is 2. The summed E-state index contributed by atoms with van der Waals surface area (Å²) in [6.45, 7) is 1.89. The summed E-state index contributed by atoms with van der Waals surface area (Å²) >= 11 is 18.9. The second kappa shape index (κ2) is 10.3. The molecule has 14 heteroatoms. The molecule has 1 fully saturated rings. The van der Waals surface area contributed by atoms with E-state index in [0.717, 1.165) is 25.2 Å². The predicted molar refractivity (Wildman–Crippen MR) is 136 cm³/mol. The van der Waals surface area contributed by atoms with Gasteiger partial charge < -0.3 is 10.6 Å². The van der Waals surface area contributed by atoms with Gasteiger partial charge in [-0.05, 0) is 53.7 Å². The second-order valence-electron chi connectivity index (χ2n) is 8.14. The van der Waals surface area contributed by atoms with Crippen LogP contribution >= 0.6 is 55.1 Å². The van der Waals surface area contributed by atoms with Crippen molar-refractivity contribution in [1.29, 1.82) is 0 Å². The molecule has 1 unspecified atom stereocenters. The number of pyridine rings is 1. The maximum atomic E-state index is 13.5. The lowest BCUT2D eigenvalue weighted by Crippen LogP contribution is -2.34. The molecule has 1 aliphatic carbocycles. The van der Waals surface area contributed by atoms with E-state index in [9.17, 15) is 22.8 Å². The van der Waals surface area contributed by atoms with E-state index in [-0.39, 0.29) is 33.0 Å². The van der Waals surface area contributed by atoms with Crippen molar-refractivity contribution < 1.29 is 22.8 Å². The highest BCUT2D eigenvalue weighted by Crippen LogP contribution is 2.36. The number of nitrogens with zero attached hydrogens (tertiary/aromatic N) is 3. The van der Waals surface area contributed by atoms with Gasteiger partial charge in [-0.1, -0.05) is 39.1 Å². The summed E-state index contributed by atoms with van der Waals surface area (Å²) in [4.78, 5) is 30.1. The molecule has 2 heterocycles. The summed E-state index contributed by atoms with van der Waals surface area (Å²) in [5.41, 5.74) is -1.82. The van der Waals surface area contributed by atoms with Crippen molar-refractivity contribution in [2.45, 2.75) is 32.0 Å². The van der Waals surface area contributed by atoms with Crippen molar-refractivity contribution in [3.8, 4) is 5.69 Å². The molecule has 1 aliphatic rings. The smallest absolute Gasteiger partial charge is 0.349 e. The number of aromatic nitrogens is 3. The van der Waals surface area contributed by atoms with Gasteiger partial charge in [0, 0.05) is 33.4 Å². The van der Waals surface area contributed by atoms with Gasteiger partial charge in [0.15, 0.2) is 5.69 Å². The van der Waals surface area contributed by atoms with E-state index < -0.39 is 29.4 Å². The van der Waals surface area contributed by atoms with Crippen molar-refractivity contribution in [2.75, 3.05) is 5.32 Å². The molecule has 2 aromatic heterocycles. The summed E-state index contributed by atoms with van der Waals surface area (Å²) in [7, 11) is 0. The summed E-state index contributed by atoms with van der Waals surface area (Å²) in [5.74, 6) is -1.04. The van der Waals surface area contributed by atoms with Crippen molar-refractivity contribution in [1.82, 2.24) is 20.1 Å². The zero-order valence-electron chi connectivity index (χ0n) is 18.3. The molecule has 1 aromatic carbocycles. The Morgan fingerprint density at radius 2 is 1.75 bits per heavy atom. The van der Waals surface area contributed by atoms with Gasteiger partial charge in [0.25, 0.3) is 11.8 Å². The van der Waals surface area contributed by atoms with Crippen LogP contribution in [0.1, 0.15) is 46.3 Å². The van der Waals surface area contributed by atoms with Gasteiger partial charge in [0.2, 0.25) is 0 Å². The normalized spacial score (nSPS) is 14.4. The number of carbonyl (C=O) groups excluding carboxylic acids is 2. The second-order valence-corrected chi connectivity index (χ2v) is 10.7. The predicted octanol–water partition coefficient (Wildman–Crippen LogP) is 6.90. The molecular formula is C22H16Br2Cl2F3N5O2. The molecular weight excluding hydrogens is 654 g/mol. The fourth-order valence-corrected chi connectivity index (χ4v) is 5.36. The fourth-order valence-electron chi connectivity index (χ4n) is 3.51. The molecule has 1 saturated carbocycles. The minimum atomic E-state index is -4.85. The van der Waals surface area contributed by atoms with Crippen LogP contribution in [0.3, 0.4) is 0 Å². The van der Waals surface area contributed by atoms with Crippen molar-refractivity contribution in [3.63, 3.8) is 0 Å². The van der Waals surface area contributed by atoms with E-state index in [0.29, 0.717) is 25.6 Å². The first-order valence-electron chi connectivity index (χ1n) is 10.4. The molecule has 190 valence electrons. The third kappa shape index (κ3) is 5.71. The highest BCUT2D eigenvalue weighted by Gasteiger charge is 2.37. The third-order valence-corrected chi connectivity index (χ3v) is 7.13. The Hall–Kier alpha value is -2.15. The van der Waals surface area contributed by atoms with E-state index in [1.807, 2.05) is 6.92 Å². The largest absolute Gasteiger partial charge is 0.435 e. The van der Waals surface area contributed by atoms with Crippen LogP contribution in [-0.2, 0) is 6.18 Å². The number of anilines is 1. The molecule has 3 aromatic rings. The molecule has 7 nitrogen and oxygen atoms in total. The Labute approximate surface area is 230 Å². The number of rotatable bonds is 6. The summed E-state index contributed by atoms with van der Waals surface area (Å²) in [5, 5.41) is 8.73. The lowest BCUT2D eigenvalue weighted by atomic mass is 10.1. The van der Waals surface area contributed by atoms with Gasteiger partial charge in [0.05, 0.1) is 21.3 Å². The molecule has 0 radical (unpaired) electrons. The van der Waals surface area contributed by atoms with E-state index in [1.165, 1.54) is 6.07 Å². The number of alkyl halides is 3. The first-order valence-corrected chi connectivity index (χ1v) is 12.8. The Bertz CT molecular complexity index is 1340. The molecule has 0 aliphatic heterocycles. The van der Waals surface area contributed by atoms with Gasteiger partial charge in [-0.25, -0.2) is 4.68 Å². The molecule has 36 heavy (non-hydrogen) atoms. The summed E-state index contributed by atoms with van der Waals surface area (Å²) in [6, 6.07) is 3.59. The monoisotopic (exact) mass is 667 g/mol. The quantitative estimate of drug-likeness (QED) is 0.299. The Morgan fingerprint density at radius 3 is 2.33 bits per heavy atom. The Morgan fingerprint density at radius 1 is 1.11 bits per heavy atom. The van der Waals surface area contributed by atoms with E-state index >= 15 is 0 Å². The topological polar surface area (TPSA) is 88.9 Å². The molecule has 0 spiro atoms. The zero-order valence-corrected chi connectivity index (χ0v) is 22.9. The highest BCUT2D eigenvalue weighted by atomic mass is 79.9. The third-order valence-electron chi connectivity index (χ3n) is 5.50. The molecule has 1 atom stereocenters. The molecule has 2 amide bonds. The Kier molecular flexibility index (Phi) is 7.70. The first kappa shape index (κ1) is 26.9. The number of nitrogens with one attached hydrogen (secondary N) is 2. The SMILES string of the molecule is CC(NC(=O)c1cc(Br)cc(Br)c1NC(=O)c1cc(C(F)(F)F)nn1-c1c(Cl)cncc1Cl)C1CC1. The average molecular weight is 670 g/mol. The van der Waals surface area contributed by atoms with Gasteiger partial charge in [0.1, 0.15) is 11.4 Å². The highest BCUT2D eigenvalue weighted by molar-refractivity contribution is 9.11. The van der Waals surface area contributed by atoms with Crippen LogP contribution in [-0.4, -0.2) is 32.6 Å². The van der Waals surface area contributed by atoms with Crippen molar-refractivity contribution >= 4 is 72.6 Å². The zero-order chi connectivity index (χ0) is 26.4. The van der Waals surface area contributed by atoms with Crippen LogP contribution in [0.15, 0.2) is 39.5 Å². The van der Waals surface area contributed by atoms with Crippen LogP contribution < -0.4 is 10.6 Å². The van der Waals surface area contributed by atoms with Crippen LogP contribution in [0.2, 0.25) is 10.0 Å². The number of carbonyl (C=O) groups is 2. The fraction of sp³-hybridized carbons (Fsp3) is 0.273. The lowest BCUT2D eigenvalue weighted by molar-refractivity contribution is -0.141. The number of halogens is 7. The van der Waals surface area contributed by atoms with Crippen LogP contribution in [0, 0.1) is 5.92 Å². The van der Waals surface area contributed by atoms with Gasteiger partial charge in [-0.15, -0.1) is 0 Å². The summed E-state index contributed by atoms with van der Waals surface area (Å²) < 4.78 is 42.1. The molecule has 2 N–H and O–H groups in total. The first-order chi connectivity index (χ1) is 16.9. The van der Waals surface area contributed by atoms with Gasteiger partial charge >= 0.3 is 6.18 Å². The van der Waals surface area contributed by atoms with Crippen molar-refractivity contribution in [2.24, 2.45) is 5.92 Å². The number of amides is 2.